The van der Waals surface area contributed by atoms with Gasteiger partial charge in [-0.05, 0) is 165 Å². The molecule has 11 rings (SSSR count). The normalized spacial score (nSPS) is 15.2. The van der Waals surface area contributed by atoms with Crippen LogP contribution >= 0.6 is 12.6 Å². The van der Waals surface area contributed by atoms with E-state index in [4.69, 9.17) is 12.6 Å². The van der Waals surface area contributed by atoms with Crippen LogP contribution in [0.4, 0.5) is 26.3 Å². The second kappa shape index (κ2) is 20.2. The molecular formula is C69H62F6OSSi. The molecule has 1 nitrogen and oxygen atoms in total. The first kappa shape index (κ1) is 53.4. The molecule has 10 aromatic carbocycles. The highest BCUT2D eigenvalue weighted by Gasteiger charge is 2.53. The highest BCUT2D eigenvalue weighted by molar-refractivity contribution is 7.80. The van der Waals surface area contributed by atoms with E-state index in [1.807, 2.05) is 32.9 Å². The summed E-state index contributed by atoms with van der Waals surface area (Å²) < 4.78 is 85.7. The van der Waals surface area contributed by atoms with Crippen molar-refractivity contribution >= 4 is 79.4 Å². The number of rotatable bonds is 12. The second-order valence-electron chi connectivity index (χ2n) is 22.4. The number of unbranched alkanes of at least 4 members (excludes halogenated alkanes) is 2. The molecule has 0 radical (unpaired) electrons. The largest absolute Gasteiger partial charge is 0.416 e. The lowest BCUT2D eigenvalue weighted by Crippen LogP contribution is -2.72. The van der Waals surface area contributed by atoms with Gasteiger partial charge in [-0.2, -0.15) is 26.3 Å². The molecule has 1 N–H and O–H groups in total. The quantitative estimate of drug-likeness (QED) is 0.0411. The van der Waals surface area contributed by atoms with Gasteiger partial charge in [0, 0.05) is 10.5 Å². The summed E-state index contributed by atoms with van der Waals surface area (Å²) >= 11 is 5.50. The van der Waals surface area contributed by atoms with Crippen LogP contribution in [0.1, 0.15) is 106 Å². The molecule has 396 valence electrons. The molecule has 0 unspecified atom stereocenters. The SMILES string of the molecule is CCCCc1c2ccccc2c(-c2cc(-c3c4ccccc4c(CCCC)c4ccccc34)cc([C@]3(O)CCc4ccc([Si](c5ccc(C(F)(F)F)cc5)(c5ccc(C(F)(F)F)cc5)C(C)(C)C)c(S)c43)c2)c2ccccc12. The number of fused-ring (bicyclic) bond motifs is 5. The van der Waals surface area contributed by atoms with Crippen LogP contribution in [-0.2, 0) is 37.2 Å². The topological polar surface area (TPSA) is 20.2 Å². The van der Waals surface area contributed by atoms with Gasteiger partial charge in [-0.3, -0.25) is 0 Å². The van der Waals surface area contributed by atoms with E-state index in [9.17, 15) is 31.4 Å². The Morgan fingerprint density at radius 2 is 0.872 bits per heavy atom. The monoisotopic (exact) mass is 1080 g/mol. The van der Waals surface area contributed by atoms with Crippen molar-refractivity contribution in [1.82, 2.24) is 0 Å². The van der Waals surface area contributed by atoms with E-state index in [2.05, 4.69) is 129 Å². The Labute approximate surface area is 459 Å². The van der Waals surface area contributed by atoms with Crippen LogP contribution in [0.3, 0.4) is 0 Å². The molecule has 0 fully saturated rings. The second-order valence-corrected chi connectivity index (χ2v) is 27.5. The molecule has 0 saturated carbocycles. The third kappa shape index (κ3) is 8.85. The Hall–Kier alpha value is -6.65. The molecule has 78 heavy (non-hydrogen) atoms. The van der Waals surface area contributed by atoms with Gasteiger partial charge in [0.2, 0.25) is 0 Å². The van der Waals surface area contributed by atoms with Gasteiger partial charge < -0.3 is 5.11 Å². The molecule has 10 aromatic rings. The van der Waals surface area contributed by atoms with Crippen molar-refractivity contribution in [3.05, 3.63) is 215 Å². The van der Waals surface area contributed by atoms with Gasteiger partial charge in [0.05, 0.1) is 11.1 Å². The molecule has 0 saturated heterocycles. The Balaban J connectivity index is 1.23. The number of hydrogen-bond donors (Lipinski definition) is 2. The van der Waals surface area contributed by atoms with E-state index in [-0.39, 0.29) is 0 Å². The number of hydrogen-bond acceptors (Lipinski definition) is 2. The molecule has 1 aliphatic rings. The van der Waals surface area contributed by atoms with Gasteiger partial charge >= 0.3 is 12.4 Å². The summed E-state index contributed by atoms with van der Waals surface area (Å²) in [5, 5.41) is 24.4. The predicted molar refractivity (Wildman–Crippen MR) is 317 cm³/mol. The van der Waals surface area contributed by atoms with Gasteiger partial charge in [-0.25, -0.2) is 0 Å². The van der Waals surface area contributed by atoms with Crippen molar-refractivity contribution in [2.45, 2.75) is 114 Å². The van der Waals surface area contributed by atoms with Gasteiger partial charge in [0.25, 0.3) is 0 Å². The summed E-state index contributed by atoms with van der Waals surface area (Å²) in [6, 6.07) is 55.4. The number of alkyl halides is 6. The van der Waals surface area contributed by atoms with Crippen molar-refractivity contribution in [2.24, 2.45) is 0 Å². The molecule has 0 heterocycles. The average Bonchev–Trinajstić information content (AvgIpc) is 3.91. The molecule has 0 spiro atoms. The average molecular weight is 1080 g/mol. The zero-order valence-electron chi connectivity index (χ0n) is 44.6. The van der Waals surface area contributed by atoms with Crippen LogP contribution in [0.25, 0.3) is 65.3 Å². The van der Waals surface area contributed by atoms with Gasteiger partial charge in [0.15, 0.2) is 8.07 Å². The summed E-state index contributed by atoms with van der Waals surface area (Å²) in [7, 11) is -3.74. The summed E-state index contributed by atoms with van der Waals surface area (Å²) in [6.07, 6.45) is -2.39. The fourth-order valence-corrected chi connectivity index (χ4v) is 19.9. The van der Waals surface area contributed by atoms with E-state index in [1.165, 1.54) is 56.9 Å². The molecule has 0 aromatic heterocycles. The third-order valence-corrected chi connectivity index (χ3v) is 23.4. The van der Waals surface area contributed by atoms with Crippen LogP contribution < -0.4 is 15.6 Å². The van der Waals surface area contributed by atoms with E-state index in [1.54, 1.807) is 0 Å². The molecule has 0 amide bonds. The fourth-order valence-electron chi connectivity index (χ4n) is 13.4. The molecule has 1 atom stereocenters. The van der Waals surface area contributed by atoms with Crippen LogP contribution in [0.15, 0.2) is 181 Å². The first-order valence-electron chi connectivity index (χ1n) is 27.3. The van der Waals surface area contributed by atoms with Gasteiger partial charge in [-0.1, -0.05) is 205 Å². The van der Waals surface area contributed by atoms with Gasteiger partial charge in [0.1, 0.15) is 5.60 Å². The minimum atomic E-state index is -4.61. The van der Waals surface area contributed by atoms with Crippen molar-refractivity contribution in [2.75, 3.05) is 0 Å². The summed E-state index contributed by atoms with van der Waals surface area (Å²) in [5.41, 5.74) is 5.45. The van der Waals surface area contributed by atoms with Crippen molar-refractivity contribution in [3.8, 4) is 22.3 Å². The van der Waals surface area contributed by atoms with Crippen LogP contribution in [0.5, 0.6) is 0 Å². The molecule has 0 aliphatic heterocycles. The number of benzene rings is 10. The zero-order chi connectivity index (χ0) is 54.9. The minimum Gasteiger partial charge on any atom is -0.380 e. The predicted octanol–water partition coefficient (Wildman–Crippen LogP) is 18.1. The fraction of sp³-hybridized carbons (Fsp3) is 0.246. The Bertz CT molecular complexity index is 3610. The lowest BCUT2D eigenvalue weighted by molar-refractivity contribution is -0.138. The maximum absolute atomic E-state index is 14.3. The van der Waals surface area contributed by atoms with E-state index >= 15 is 0 Å². The Morgan fingerprint density at radius 1 is 0.500 bits per heavy atom. The van der Waals surface area contributed by atoms with Crippen LogP contribution in [0.2, 0.25) is 5.04 Å². The van der Waals surface area contributed by atoms with Crippen molar-refractivity contribution in [3.63, 3.8) is 0 Å². The molecule has 9 heteroatoms. The van der Waals surface area contributed by atoms with Crippen LogP contribution in [0, 0.1) is 0 Å². The maximum atomic E-state index is 14.3. The highest BCUT2D eigenvalue weighted by Crippen LogP contribution is 2.51. The summed E-state index contributed by atoms with van der Waals surface area (Å²) in [6.45, 7) is 10.4. The lowest BCUT2D eigenvalue weighted by atomic mass is 9.80. The first-order valence-corrected chi connectivity index (χ1v) is 29.7. The zero-order valence-corrected chi connectivity index (χ0v) is 46.5. The molecular weight excluding hydrogens is 1020 g/mol. The smallest absolute Gasteiger partial charge is 0.380 e. The first-order chi connectivity index (χ1) is 37.3. The van der Waals surface area contributed by atoms with Crippen LogP contribution in [-0.4, -0.2) is 13.2 Å². The van der Waals surface area contributed by atoms with Crippen molar-refractivity contribution < 1.29 is 31.4 Å². The Kier molecular flexibility index (Phi) is 13.8. The number of thiol groups is 1. The number of aliphatic hydroxyl groups is 1. The number of halogens is 6. The summed E-state index contributed by atoms with van der Waals surface area (Å²) in [4.78, 5) is 0.480. The van der Waals surface area contributed by atoms with E-state index in [0.717, 1.165) is 112 Å². The van der Waals surface area contributed by atoms with Gasteiger partial charge in [-0.15, -0.1) is 12.6 Å². The third-order valence-electron chi connectivity index (χ3n) is 16.9. The maximum Gasteiger partial charge on any atom is 0.416 e. The van der Waals surface area contributed by atoms with E-state index < -0.39 is 42.2 Å². The number of aryl methyl sites for hydroxylation is 3. The standard InChI is InChI=1S/C69H62F6OSSi/c1-6-8-18-51-53-20-10-14-24-57(53)62(58-25-15-11-21-54(51)58)44-40-45(63-59-26-16-12-22-55(59)52(19-9-7-2)56-23-13-17-27-60(56)63)42-48(41-44)67(76)39-38-43-28-37-61(65(77)64(43)67)78(66(3,4)5,49-33-29-46(30-34-49)68(70,71)72)50-35-31-47(32-36-50)69(73,74)75/h10-17,20-37,40-42,76-77H,6-9,18-19,38-39H2,1-5H3/t67-/m1/s1. The molecule has 1 aliphatic carbocycles. The van der Waals surface area contributed by atoms with Crippen molar-refractivity contribution in [1.29, 1.82) is 0 Å². The Morgan fingerprint density at radius 3 is 1.22 bits per heavy atom. The van der Waals surface area contributed by atoms with E-state index in [0.29, 0.717) is 44.4 Å². The lowest BCUT2D eigenvalue weighted by Gasteiger charge is -2.46. The molecule has 0 bridgehead atoms. The minimum absolute atomic E-state index is 0.307. The highest BCUT2D eigenvalue weighted by atomic mass is 32.1. The summed E-state index contributed by atoms with van der Waals surface area (Å²) in [5.74, 6) is 0.